The average molecular weight is 409 g/mol. The molecule has 0 saturated carbocycles. The van der Waals surface area contributed by atoms with Crippen molar-refractivity contribution in [2.75, 3.05) is 0 Å². The van der Waals surface area contributed by atoms with Crippen LogP contribution in [0.3, 0.4) is 0 Å². The highest BCUT2D eigenvalue weighted by molar-refractivity contribution is 5.72. The van der Waals surface area contributed by atoms with Gasteiger partial charge in [0.05, 0.1) is 18.4 Å². The smallest absolute Gasteiger partial charge is 0.308 e. The van der Waals surface area contributed by atoms with Crippen LogP contribution in [0.1, 0.15) is 71.6 Å². The Morgan fingerprint density at radius 2 is 2.24 bits per heavy atom. The third-order valence-electron chi connectivity index (χ3n) is 6.59. The molecule has 0 aromatic heterocycles. The van der Waals surface area contributed by atoms with E-state index in [0.29, 0.717) is 25.7 Å². The number of aliphatic hydroxyl groups excluding tert-OH is 1. The van der Waals surface area contributed by atoms with Crippen LogP contribution in [0.2, 0.25) is 0 Å². The SMILES string of the molecule is [2H]C([2H])([2H])[C@H]1C=C2C=C[C@H](C)[C@H](CCC3C[C@@H](O)CC(=O)O3)[C@H]2[C@@H](OC(=O)[C@@]([2H])(C)CC)C1. The van der Waals surface area contributed by atoms with Crippen LogP contribution in [-0.2, 0) is 19.1 Å². The first-order valence-electron chi connectivity index (χ1n) is 12.8. The van der Waals surface area contributed by atoms with Crippen molar-refractivity contribution >= 4 is 11.9 Å². The lowest BCUT2D eigenvalue weighted by atomic mass is 9.65. The first kappa shape index (κ1) is 17.1. The van der Waals surface area contributed by atoms with E-state index in [1.54, 1.807) is 13.0 Å². The minimum absolute atomic E-state index is 0.0203. The zero-order valence-electron chi connectivity index (χ0n) is 21.6. The van der Waals surface area contributed by atoms with Crippen molar-refractivity contribution in [1.82, 2.24) is 0 Å². The van der Waals surface area contributed by atoms with E-state index in [2.05, 4.69) is 13.0 Å². The molecule has 5 nitrogen and oxygen atoms in total. The molecule has 5 heteroatoms. The fraction of sp³-hybridized carbons (Fsp3) is 0.750. The Bertz CT molecular complexity index is 803. The van der Waals surface area contributed by atoms with E-state index in [1.165, 1.54) is 6.92 Å². The molecule has 29 heavy (non-hydrogen) atoms. The summed E-state index contributed by atoms with van der Waals surface area (Å²) in [5.41, 5.74) is 0.854. The number of carbonyl (C=O) groups is 2. The number of esters is 2. The third kappa shape index (κ3) is 5.30. The molecule has 2 aliphatic carbocycles. The first-order valence-corrected chi connectivity index (χ1v) is 10.8. The van der Waals surface area contributed by atoms with E-state index < -0.39 is 42.8 Å². The minimum Gasteiger partial charge on any atom is -0.462 e. The van der Waals surface area contributed by atoms with E-state index in [9.17, 15) is 14.7 Å². The van der Waals surface area contributed by atoms with Crippen LogP contribution in [0.4, 0.5) is 0 Å². The zero-order chi connectivity index (χ0) is 24.6. The summed E-state index contributed by atoms with van der Waals surface area (Å²) < 4.78 is 43.3. The van der Waals surface area contributed by atoms with Crippen LogP contribution in [0.5, 0.6) is 0 Å². The highest BCUT2D eigenvalue weighted by Gasteiger charge is 2.42. The molecular weight excluding hydrogens is 368 g/mol. The predicted octanol–water partition coefficient (Wildman–Crippen LogP) is 4.20. The molecule has 0 aromatic rings. The molecule has 1 heterocycles. The first-order chi connectivity index (χ1) is 15.3. The largest absolute Gasteiger partial charge is 0.462 e. The molecule has 0 spiro atoms. The Labute approximate surface area is 180 Å². The van der Waals surface area contributed by atoms with Crippen molar-refractivity contribution in [3.63, 3.8) is 0 Å². The van der Waals surface area contributed by atoms with Gasteiger partial charge >= 0.3 is 11.9 Å². The third-order valence-corrected chi connectivity index (χ3v) is 6.59. The van der Waals surface area contributed by atoms with Gasteiger partial charge in [-0.1, -0.05) is 45.9 Å². The number of aliphatic hydroxyl groups is 1. The van der Waals surface area contributed by atoms with Crippen molar-refractivity contribution in [2.24, 2.45) is 29.6 Å². The Morgan fingerprint density at radius 3 is 2.93 bits per heavy atom. The molecule has 162 valence electrons. The van der Waals surface area contributed by atoms with E-state index in [-0.39, 0.29) is 36.7 Å². The Kier molecular flexibility index (Phi) is 5.58. The quantitative estimate of drug-likeness (QED) is 0.667. The van der Waals surface area contributed by atoms with Crippen molar-refractivity contribution in [2.45, 2.75) is 84.5 Å². The van der Waals surface area contributed by atoms with Crippen LogP contribution >= 0.6 is 0 Å². The zero-order valence-corrected chi connectivity index (χ0v) is 17.6. The molecule has 0 radical (unpaired) electrons. The van der Waals surface area contributed by atoms with Gasteiger partial charge in [0.15, 0.2) is 0 Å². The maximum absolute atomic E-state index is 12.8. The van der Waals surface area contributed by atoms with E-state index in [4.69, 9.17) is 15.0 Å². The maximum Gasteiger partial charge on any atom is 0.308 e. The number of hydrogen-bond acceptors (Lipinski definition) is 5. The second kappa shape index (κ2) is 9.46. The molecule has 1 fully saturated rings. The Morgan fingerprint density at radius 1 is 1.45 bits per heavy atom. The molecule has 8 atom stereocenters. The van der Waals surface area contributed by atoms with Gasteiger partial charge in [0, 0.05) is 17.8 Å². The highest BCUT2D eigenvalue weighted by Crippen LogP contribution is 2.45. The lowest BCUT2D eigenvalue weighted by molar-refractivity contribution is -0.162. The molecule has 3 aliphatic rings. The van der Waals surface area contributed by atoms with Crippen LogP contribution < -0.4 is 0 Å². The second-order valence-electron chi connectivity index (χ2n) is 8.78. The molecule has 1 N–H and O–H groups in total. The number of allylic oxidation sites excluding steroid dienone is 3. The minimum atomic E-state index is -2.21. The number of rotatable bonds is 6. The fourth-order valence-electron chi connectivity index (χ4n) is 4.81. The number of carbonyl (C=O) groups excluding carboxylic acids is 2. The topological polar surface area (TPSA) is 72.8 Å². The average Bonchev–Trinajstić information content (AvgIpc) is 2.71. The van der Waals surface area contributed by atoms with Crippen molar-refractivity contribution in [3.05, 3.63) is 23.8 Å². The summed E-state index contributed by atoms with van der Waals surface area (Å²) >= 11 is 0. The summed E-state index contributed by atoms with van der Waals surface area (Å²) in [4.78, 5) is 24.5. The van der Waals surface area contributed by atoms with Gasteiger partial charge < -0.3 is 14.6 Å². The van der Waals surface area contributed by atoms with Gasteiger partial charge in [-0.2, -0.15) is 0 Å². The van der Waals surface area contributed by atoms with E-state index >= 15 is 0 Å². The summed E-state index contributed by atoms with van der Waals surface area (Å²) in [6, 6.07) is 0. The molecular formula is C24H36O5. The van der Waals surface area contributed by atoms with Gasteiger partial charge in [0.25, 0.3) is 0 Å². The summed E-state index contributed by atoms with van der Waals surface area (Å²) in [5.74, 6) is -3.14. The monoisotopic (exact) mass is 408 g/mol. The van der Waals surface area contributed by atoms with E-state index in [1.807, 2.05) is 6.08 Å². The summed E-state index contributed by atoms with van der Waals surface area (Å²) in [6.07, 6.45) is 6.25. The molecule has 0 amide bonds. The number of fused-ring (bicyclic) bond motifs is 1. The van der Waals surface area contributed by atoms with Gasteiger partial charge in [-0.05, 0) is 49.0 Å². The molecule has 0 aromatic carbocycles. The molecule has 1 unspecified atom stereocenters. The normalized spacial score (nSPS) is 41.4. The van der Waals surface area contributed by atoms with Crippen molar-refractivity contribution < 1.29 is 29.7 Å². The molecule has 3 rings (SSSR count). The lowest BCUT2D eigenvalue weighted by Gasteiger charge is -2.43. The fourth-order valence-corrected chi connectivity index (χ4v) is 4.81. The van der Waals surface area contributed by atoms with Gasteiger partial charge in [-0.15, -0.1) is 0 Å². The summed E-state index contributed by atoms with van der Waals surface area (Å²) in [5, 5.41) is 9.92. The number of hydrogen-bond donors (Lipinski definition) is 1. The van der Waals surface area contributed by atoms with Crippen molar-refractivity contribution in [1.29, 1.82) is 0 Å². The van der Waals surface area contributed by atoms with Crippen LogP contribution in [-0.4, -0.2) is 35.4 Å². The van der Waals surface area contributed by atoms with Crippen LogP contribution in [0.15, 0.2) is 23.8 Å². The van der Waals surface area contributed by atoms with Gasteiger partial charge in [-0.3, -0.25) is 9.59 Å². The highest BCUT2D eigenvalue weighted by atomic mass is 16.5. The van der Waals surface area contributed by atoms with Gasteiger partial charge in [0.2, 0.25) is 0 Å². The predicted molar refractivity (Wildman–Crippen MR) is 111 cm³/mol. The maximum atomic E-state index is 12.8. The molecule has 0 bridgehead atoms. The standard InChI is InChI=1S/C24H36O5/c1-5-15(3)24(27)29-21-11-14(2)10-17-7-6-16(4)20(23(17)21)9-8-19-12-18(25)13-22(26)28-19/h6-7,10,14-16,18-21,23,25H,5,8-9,11-13H2,1-4H3/t14-,15-,16-,18+,19?,20-,21-,23-/m0/s1/i2D3,15D. The van der Waals surface area contributed by atoms with Crippen molar-refractivity contribution in [3.8, 4) is 0 Å². The lowest BCUT2D eigenvalue weighted by Crippen LogP contribution is -2.42. The summed E-state index contributed by atoms with van der Waals surface area (Å²) in [7, 11) is 0. The molecule has 1 saturated heterocycles. The van der Waals surface area contributed by atoms with Crippen LogP contribution in [0.25, 0.3) is 0 Å². The summed E-state index contributed by atoms with van der Waals surface area (Å²) in [6.45, 7) is 3.13. The number of cyclic esters (lactones) is 1. The van der Waals surface area contributed by atoms with E-state index in [0.717, 1.165) is 5.57 Å². The Balaban J connectivity index is 1.85. The number of ether oxygens (including phenoxy) is 2. The van der Waals surface area contributed by atoms with Gasteiger partial charge in [0.1, 0.15) is 12.2 Å². The van der Waals surface area contributed by atoms with Crippen LogP contribution in [0, 0.1) is 29.6 Å². The Hall–Kier alpha value is -1.62. The van der Waals surface area contributed by atoms with Gasteiger partial charge in [-0.25, -0.2) is 0 Å². The molecule has 1 aliphatic heterocycles. The second-order valence-corrected chi connectivity index (χ2v) is 8.78.